The molecule has 0 aliphatic heterocycles. The third-order valence-corrected chi connectivity index (χ3v) is 1.99. The summed E-state index contributed by atoms with van der Waals surface area (Å²) in [6, 6.07) is 10.6. The van der Waals surface area contributed by atoms with Gasteiger partial charge in [-0.05, 0) is 12.0 Å². The molecule has 0 radical (unpaired) electrons. The van der Waals surface area contributed by atoms with Gasteiger partial charge in [0.15, 0.2) is 0 Å². The van der Waals surface area contributed by atoms with Crippen molar-refractivity contribution in [2.45, 2.75) is 12.3 Å². The largest absolute Gasteiger partial charge is 0.0870 e. The van der Waals surface area contributed by atoms with Crippen LogP contribution in [-0.2, 0) is 0 Å². The van der Waals surface area contributed by atoms with Crippen molar-refractivity contribution in [3.63, 3.8) is 0 Å². The fourth-order valence-corrected chi connectivity index (χ4v) is 1.22. The quantitative estimate of drug-likeness (QED) is 0.513. The maximum atomic E-state index is 2.26. The van der Waals surface area contributed by atoms with Gasteiger partial charge in [0.1, 0.15) is 0 Å². The van der Waals surface area contributed by atoms with E-state index in [1.165, 1.54) is 12.0 Å². The second-order valence-corrected chi connectivity index (χ2v) is 2.68. The molecule has 0 aromatic heterocycles. The molecule has 0 spiro atoms. The van der Waals surface area contributed by atoms with Crippen molar-refractivity contribution in [1.82, 2.24) is 0 Å². The van der Waals surface area contributed by atoms with Crippen LogP contribution in [0, 0.1) is 0 Å². The summed E-state index contributed by atoms with van der Waals surface area (Å²) in [5.41, 5.74) is 1.45. The molecular weight excluding hydrogens is 120 g/mol. The predicted molar refractivity (Wildman–Crippen MR) is 42.9 cm³/mol. The monoisotopic (exact) mass is 130 g/mol. The van der Waals surface area contributed by atoms with Crippen molar-refractivity contribution >= 4 is 0 Å². The summed E-state index contributed by atoms with van der Waals surface area (Å²) in [5, 5.41) is 0. The van der Waals surface area contributed by atoms with Crippen LogP contribution in [0.3, 0.4) is 0 Å². The van der Waals surface area contributed by atoms with Crippen molar-refractivity contribution in [2.24, 2.45) is 0 Å². The Kier molecular flexibility index (Phi) is 1.31. The Morgan fingerprint density at radius 2 is 1.80 bits per heavy atom. The van der Waals surface area contributed by atoms with Gasteiger partial charge in [-0.25, -0.2) is 0 Å². The lowest BCUT2D eigenvalue weighted by molar-refractivity contribution is 0.794. The van der Waals surface area contributed by atoms with Crippen molar-refractivity contribution in [3.05, 3.63) is 48.0 Å². The molecule has 1 unspecified atom stereocenters. The molecule has 1 aromatic carbocycles. The summed E-state index contributed by atoms with van der Waals surface area (Å²) >= 11 is 0. The smallest absolute Gasteiger partial charge is 0.00524 e. The Labute approximate surface area is 61.2 Å². The van der Waals surface area contributed by atoms with Crippen molar-refractivity contribution in [2.75, 3.05) is 0 Å². The molecule has 0 fully saturated rings. The van der Waals surface area contributed by atoms with Crippen LogP contribution in [0.4, 0.5) is 0 Å². The van der Waals surface area contributed by atoms with Crippen LogP contribution in [0.15, 0.2) is 42.5 Å². The molecule has 0 heterocycles. The highest BCUT2D eigenvalue weighted by molar-refractivity contribution is 5.28. The molecule has 0 nitrogen and oxygen atoms in total. The van der Waals surface area contributed by atoms with E-state index >= 15 is 0 Å². The number of hydrogen-bond acceptors (Lipinski definition) is 0. The molecule has 10 heavy (non-hydrogen) atoms. The van der Waals surface area contributed by atoms with E-state index in [-0.39, 0.29) is 0 Å². The number of benzene rings is 1. The molecule has 0 bridgehead atoms. The third-order valence-electron chi connectivity index (χ3n) is 1.99. The lowest BCUT2D eigenvalue weighted by Crippen LogP contribution is -1.99. The Morgan fingerprint density at radius 1 is 1.10 bits per heavy atom. The summed E-state index contributed by atoms with van der Waals surface area (Å²) in [4.78, 5) is 0. The standard InChI is InChI=1S/C10H10/c1-2-5-9(6-3-1)10-7-4-8-10/h1-7,10H,8H2. The Balaban J connectivity index is 2.26. The van der Waals surface area contributed by atoms with E-state index in [1.807, 2.05) is 0 Å². The molecule has 2 rings (SSSR count). The fraction of sp³-hybridized carbons (Fsp3) is 0.200. The Bertz CT molecular complexity index is 233. The topological polar surface area (TPSA) is 0 Å². The lowest BCUT2D eigenvalue weighted by Gasteiger charge is -2.17. The summed E-state index contributed by atoms with van der Waals surface area (Å²) in [6.45, 7) is 0. The average Bonchev–Trinajstić information content (AvgIpc) is 1.86. The van der Waals surface area contributed by atoms with E-state index in [1.54, 1.807) is 0 Å². The van der Waals surface area contributed by atoms with Crippen LogP contribution >= 0.6 is 0 Å². The van der Waals surface area contributed by atoms with Gasteiger partial charge in [0, 0.05) is 5.92 Å². The summed E-state index contributed by atoms with van der Waals surface area (Å²) in [6.07, 6.45) is 5.71. The van der Waals surface area contributed by atoms with Gasteiger partial charge < -0.3 is 0 Å². The van der Waals surface area contributed by atoms with Gasteiger partial charge in [-0.15, -0.1) is 0 Å². The van der Waals surface area contributed by atoms with Crippen LogP contribution < -0.4 is 0 Å². The van der Waals surface area contributed by atoms with E-state index in [9.17, 15) is 0 Å². The second-order valence-electron chi connectivity index (χ2n) is 2.68. The van der Waals surface area contributed by atoms with Gasteiger partial charge in [-0.2, -0.15) is 0 Å². The van der Waals surface area contributed by atoms with Gasteiger partial charge in [-0.1, -0.05) is 42.5 Å². The van der Waals surface area contributed by atoms with Gasteiger partial charge in [0.25, 0.3) is 0 Å². The minimum atomic E-state index is 0.709. The number of hydrogen-bond donors (Lipinski definition) is 0. The minimum Gasteiger partial charge on any atom is -0.0870 e. The summed E-state index contributed by atoms with van der Waals surface area (Å²) in [7, 11) is 0. The van der Waals surface area contributed by atoms with Crippen LogP contribution in [0.1, 0.15) is 17.9 Å². The second kappa shape index (κ2) is 2.30. The van der Waals surface area contributed by atoms with Crippen LogP contribution in [-0.4, -0.2) is 0 Å². The van der Waals surface area contributed by atoms with Crippen molar-refractivity contribution < 1.29 is 0 Å². The zero-order valence-electron chi connectivity index (χ0n) is 5.83. The Hall–Kier alpha value is -1.04. The molecule has 50 valence electrons. The molecule has 0 heteroatoms. The third kappa shape index (κ3) is 0.860. The highest BCUT2D eigenvalue weighted by Gasteiger charge is 2.10. The van der Waals surface area contributed by atoms with E-state index in [0.29, 0.717) is 5.92 Å². The van der Waals surface area contributed by atoms with E-state index < -0.39 is 0 Å². The maximum Gasteiger partial charge on any atom is 0.00524 e. The van der Waals surface area contributed by atoms with Gasteiger partial charge in [0.2, 0.25) is 0 Å². The van der Waals surface area contributed by atoms with Crippen LogP contribution in [0.25, 0.3) is 0 Å². The molecule has 0 saturated heterocycles. The molecule has 1 aromatic rings. The normalized spacial score (nSPS) is 22.2. The van der Waals surface area contributed by atoms with Gasteiger partial charge in [-0.3, -0.25) is 0 Å². The first-order valence-electron chi connectivity index (χ1n) is 3.68. The first kappa shape index (κ1) is 5.72. The molecule has 0 N–H and O–H groups in total. The molecule has 0 saturated carbocycles. The van der Waals surface area contributed by atoms with E-state index in [2.05, 4.69) is 42.5 Å². The average molecular weight is 130 g/mol. The Morgan fingerprint density at radius 3 is 2.30 bits per heavy atom. The highest BCUT2D eigenvalue weighted by atomic mass is 14.1. The molecule has 1 atom stereocenters. The van der Waals surface area contributed by atoms with Gasteiger partial charge >= 0.3 is 0 Å². The highest BCUT2D eigenvalue weighted by Crippen LogP contribution is 2.28. The lowest BCUT2D eigenvalue weighted by atomic mass is 9.88. The van der Waals surface area contributed by atoms with E-state index in [4.69, 9.17) is 0 Å². The SMILES string of the molecule is C1=CC(c2ccccc2)C1. The first-order chi connectivity index (χ1) is 4.97. The molecular formula is C10H10. The molecule has 1 aliphatic rings. The van der Waals surface area contributed by atoms with Crippen LogP contribution in [0.2, 0.25) is 0 Å². The maximum absolute atomic E-state index is 2.26. The first-order valence-corrected chi connectivity index (χ1v) is 3.68. The van der Waals surface area contributed by atoms with Crippen molar-refractivity contribution in [1.29, 1.82) is 0 Å². The molecule has 1 aliphatic carbocycles. The zero-order chi connectivity index (χ0) is 6.81. The number of rotatable bonds is 1. The summed E-state index contributed by atoms with van der Waals surface area (Å²) < 4.78 is 0. The summed E-state index contributed by atoms with van der Waals surface area (Å²) in [5.74, 6) is 0.709. The molecule has 0 amide bonds. The van der Waals surface area contributed by atoms with Crippen LogP contribution in [0.5, 0.6) is 0 Å². The fourth-order valence-electron chi connectivity index (χ4n) is 1.22. The number of allylic oxidation sites excluding steroid dienone is 2. The van der Waals surface area contributed by atoms with E-state index in [0.717, 1.165) is 0 Å². The zero-order valence-corrected chi connectivity index (χ0v) is 5.83. The minimum absolute atomic E-state index is 0.709. The van der Waals surface area contributed by atoms with Gasteiger partial charge in [0.05, 0.1) is 0 Å². The van der Waals surface area contributed by atoms with Crippen molar-refractivity contribution in [3.8, 4) is 0 Å². The predicted octanol–water partition coefficient (Wildman–Crippen LogP) is 2.73.